The Morgan fingerprint density at radius 3 is 2.95 bits per heavy atom. The highest BCUT2D eigenvalue weighted by atomic mass is 19.1. The Labute approximate surface area is 108 Å². The first-order valence-corrected chi connectivity index (χ1v) is 5.49. The van der Waals surface area contributed by atoms with Gasteiger partial charge in [-0.15, -0.1) is 0 Å². The van der Waals surface area contributed by atoms with E-state index in [0.717, 1.165) is 0 Å². The van der Waals surface area contributed by atoms with Gasteiger partial charge in [0.1, 0.15) is 11.9 Å². The van der Waals surface area contributed by atoms with Crippen LogP contribution in [-0.2, 0) is 17.8 Å². The Kier molecular flexibility index (Phi) is 3.57. The number of aliphatic carboxylic acids is 1. The fourth-order valence-electron chi connectivity index (χ4n) is 1.74. The third-order valence-electron chi connectivity index (χ3n) is 2.64. The highest BCUT2D eigenvalue weighted by Gasteiger charge is 2.08. The SMILES string of the molecule is N#Cc1ccc(Cn2cncc2CC(=O)O)cc1F. The number of hydrogen-bond donors (Lipinski definition) is 1. The van der Waals surface area contributed by atoms with E-state index >= 15 is 0 Å². The number of nitrogens with zero attached hydrogens (tertiary/aromatic N) is 3. The number of imidazole rings is 1. The number of carboxylic acids is 1. The molecule has 0 saturated heterocycles. The van der Waals surface area contributed by atoms with Crippen molar-refractivity contribution in [2.75, 3.05) is 0 Å². The second-order valence-electron chi connectivity index (χ2n) is 4.01. The van der Waals surface area contributed by atoms with Gasteiger partial charge in [-0.1, -0.05) is 6.07 Å². The van der Waals surface area contributed by atoms with Crippen LogP contribution in [0.2, 0.25) is 0 Å². The van der Waals surface area contributed by atoms with Gasteiger partial charge >= 0.3 is 5.97 Å². The van der Waals surface area contributed by atoms with E-state index in [4.69, 9.17) is 10.4 Å². The van der Waals surface area contributed by atoms with Crippen LogP contribution in [-0.4, -0.2) is 20.6 Å². The molecule has 0 aliphatic rings. The molecule has 1 N–H and O–H groups in total. The van der Waals surface area contributed by atoms with E-state index in [1.807, 2.05) is 0 Å². The molecule has 0 saturated carbocycles. The molecule has 0 aliphatic heterocycles. The summed E-state index contributed by atoms with van der Waals surface area (Å²) < 4.78 is 15.1. The number of hydrogen-bond acceptors (Lipinski definition) is 3. The van der Waals surface area contributed by atoms with Crippen molar-refractivity contribution in [3.63, 3.8) is 0 Å². The quantitative estimate of drug-likeness (QED) is 0.903. The molecule has 0 unspecified atom stereocenters. The van der Waals surface area contributed by atoms with Crippen LogP contribution in [0.5, 0.6) is 0 Å². The van der Waals surface area contributed by atoms with Crippen LogP contribution in [0.25, 0.3) is 0 Å². The summed E-state index contributed by atoms with van der Waals surface area (Å²) in [6, 6.07) is 6.05. The average Bonchev–Trinajstić information content (AvgIpc) is 2.76. The standard InChI is InChI=1S/C13H10FN3O2/c14-12-3-9(1-2-10(12)5-15)7-17-8-16-6-11(17)4-13(18)19/h1-3,6,8H,4,7H2,(H,18,19). The zero-order chi connectivity index (χ0) is 13.8. The summed E-state index contributed by atoms with van der Waals surface area (Å²) in [5.74, 6) is -1.53. The summed E-state index contributed by atoms with van der Waals surface area (Å²) >= 11 is 0. The molecule has 6 heteroatoms. The van der Waals surface area contributed by atoms with Gasteiger partial charge in [0, 0.05) is 18.4 Å². The lowest BCUT2D eigenvalue weighted by atomic mass is 10.1. The van der Waals surface area contributed by atoms with E-state index in [2.05, 4.69) is 4.98 Å². The molecule has 0 radical (unpaired) electrons. The zero-order valence-corrected chi connectivity index (χ0v) is 9.88. The summed E-state index contributed by atoms with van der Waals surface area (Å²) in [5.41, 5.74) is 1.17. The Balaban J connectivity index is 2.22. The predicted molar refractivity (Wildman–Crippen MR) is 63.8 cm³/mol. The molecule has 0 fully saturated rings. The number of carbonyl (C=O) groups is 1. The summed E-state index contributed by atoms with van der Waals surface area (Å²) in [5, 5.41) is 17.4. The van der Waals surface area contributed by atoms with Crippen molar-refractivity contribution < 1.29 is 14.3 Å². The van der Waals surface area contributed by atoms with Gasteiger partial charge < -0.3 is 9.67 Å². The molecule has 1 aromatic carbocycles. The third kappa shape index (κ3) is 2.96. The van der Waals surface area contributed by atoms with Crippen LogP contribution >= 0.6 is 0 Å². The lowest BCUT2D eigenvalue weighted by Gasteiger charge is -2.07. The molecule has 1 heterocycles. The zero-order valence-electron chi connectivity index (χ0n) is 9.88. The third-order valence-corrected chi connectivity index (χ3v) is 2.64. The van der Waals surface area contributed by atoms with Crippen molar-refractivity contribution >= 4 is 5.97 Å². The van der Waals surface area contributed by atoms with Gasteiger partial charge in [-0.2, -0.15) is 5.26 Å². The lowest BCUT2D eigenvalue weighted by Crippen LogP contribution is -2.08. The molecule has 0 aliphatic carbocycles. The Bertz CT molecular complexity index is 658. The van der Waals surface area contributed by atoms with Gasteiger partial charge in [0.25, 0.3) is 0 Å². The molecular weight excluding hydrogens is 249 g/mol. The summed E-state index contributed by atoms with van der Waals surface area (Å²) in [6.45, 7) is 0.311. The summed E-state index contributed by atoms with van der Waals surface area (Å²) in [6.07, 6.45) is 2.82. The highest BCUT2D eigenvalue weighted by molar-refractivity contribution is 5.69. The first-order valence-electron chi connectivity index (χ1n) is 5.49. The van der Waals surface area contributed by atoms with Gasteiger partial charge in [-0.3, -0.25) is 4.79 Å². The Hall–Kier alpha value is -2.68. The topological polar surface area (TPSA) is 78.9 Å². The molecule has 19 heavy (non-hydrogen) atoms. The van der Waals surface area contributed by atoms with E-state index in [1.54, 1.807) is 16.7 Å². The number of halogens is 1. The maximum atomic E-state index is 13.4. The van der Waals surface area contributed by atoms with Crippen LogP contribution in [0.15, 0.2) is 30.7 Å². The predicted octanol–water partition coefficient (Wildman–Crippen LogP) is 1.57. The van der Waals surface area contributed by atoms with Crippen LogP contribution in [0, 0.1) is 17.1 Å². The van der Waals surface area contributed by atoms with Crippen molar-refractivity contribution in [2.24, 2.45) is 0 Å². The van der Waals surface area contributed by atoms with E-state index in [1.165, 1.54) is 24.7 Å². The van der Waals surface area contributed by atoms with Crippen LogP contribution in [0.3, 0.4) is 0 Å². The van der Waals surface area contributed by atoms with Crippen molar-refractivity contribution in [2.45, 2.75) is 13.0 Å². The molecule has 0 bridgehead atoms. The minimum absolute atomic E-state index is 0.0138. The van der Waals surface area contributed by atoms with Gasteiger partial charge in [-0.25, -0.2) is 9.37 Å². The van der Waals surface area contributed by atoms with E-state index in [0.29, 0.717) is 17.8 Å². The van der Waals surface area contributed by atoms with E-state index in [9.17, 15) is 9.18 Å². The average molecular weight is 259 g/mol. The Morgan fingerprint density at radius 2 is 2.32 bits per heavy atom. The smallest absolute Gasteiger partial charge is 0.309 e. The van der Waals surface area contributed by atoms with E-state index < -0.39 is 11.8 Å². The minimum atomic E-state index is -0.951. The molecule has 0 amide bonds. The fourth-order valence-corrected chi connectivity index (χ4v) is 1.74. The number of rotatable bonds is 4. The number of nitriles is 1. The molecule has 2 rings (SSSR count). The van der Waals surface area contributed by atoms with Crippen molar-refractivity contribution in [3.8, 4) is 6.07 Å². The molecule has 1 aromatic heterocycles. The van der Waals surface area contributed by atoms with Crippen molar-refractivity contribution in [1.29, 1.82) is 5.26 Å². The largest absolute Gasteiger partial charge is 0.481 e. The number of aromatic nitrogens is 2. The highest BCUT2D eigenvalue weighted by Crippen LogP contribution is 2.12. The van der Waals surface area contributed by atoms with Crippen molar-refractivity contribution in [1.82, 2.24) is 9.55 Å². The molecule has 96 valence electrons. The van der Waals surface area contributed by atoms with Crippen LogP contribution < -0.4 is 0 Å². The summed E-state index contributed by atoms with van der Waals surface area (Å²) in [4.78, 5) is 14.6. The first-order chi connectivity index (χ1) is 9.10. The molecule has 2 aromatic rings. The monoisotopic (exact) mass is 259 g/mol. The van der Waals surface area contributed by atoms with Gasteiger partial charge in [-0.05, 0) is 17.7 Å². The van der Waals surface area contributed by atoms with E-state index in [-0.39, 0.29) is 12.0 Å². The van der Waals surface area contributed by atoms with Gasteiger partial charge in [0.15, 0.2) is 0 Å². The minimum Gasteiger partial charge on any atom is -0.481 e. The molecule has 0 atom stereocenters. The Morgan fingerprint density at radius 1 is 1.53 bits per heavy atom. The van der Waals surface area contributed by atoms with Crippen molar-refractivity contribution in [3.05, 3.63) is 53.4 Å². The van der Waals surface area contributed by atoms with Crippen LogP contribution in [0.1, 0.15) is 16.8 Å². The number of carboxylic acid groups (broad SMARTS) is 1. The number of benzene rings is 1. The lowest BCUT2D eigenvalue weighted by molar-refractivity contribution is -0.136. The maximum absolute atomic E-state index is 13.4. The first kappa shape index (κ1) is 12.8. The van der Waals surface area contributed by atoms with Crippen LogP contribution in [0.4, 0.5) is 4.39 Å². The second kappa shape index (κ2) is 5.31. The fraction of sp³-hybridized carbons (Fsp3) is 0.154. The summed E-state index contributed by atoms with van der Waals surface area (Å²) in [7, 11) is 0. The maximum Gasteiger partial charge on any atom is 0.309 e. The molecular formula is C13H10FN3O2. The second-order valence-corrected chi connectivity index (χ2v) is 4.01. The normalized spacial score (nSPS) is 10.1. The molecule has 0 spiro atoms. The van der Waals surface area contributed by atoms with Gasteiger partial charge in [0.2, 0.25) is 0 Å². The van der Waals surface area contributed by atoms with Gasteiger partial charge in [0.05, 0.1) is 18.3 Å². The molecule has 5 nitrogen and oxygen atoms in total.